The fourth-order valence-corrected chi connectivity index (χ4v) is 1.33. The van der Waals surface area contributed by atoms with Gasteiger partial charge in [-0.25, -0.2) is 0 Å². The second-order valence-electron chi connectivity index (χ2n) is 3.28. The highest BCUT2D eigenvalue weighted by Crippen LogP contribution is 2.18. The van der Waals surface area contributed by atoms with Crippen LogP contribution in [0.2, 0.25) is 0 Å². The molecule has 0 saturated carbocycles. The molecule has 2 nitrogen and oxygen atoms in total. The van der Waals surface area contributed by atoms with Crippen LogP contribution in [0.3, 0.4) is 0 Å². The summed E-state index contributed by atoms with van der Waals surface area (Å²) in [5, 5.41) is 3.26. The third-order valence-electron chi connectivity index (χ3n) is 2.01. The number of rotatable bonds is 4. The first-order valence-electron chi connectivity index (χ1n) is 4.45. The molecule has 1 unspecified atom stereocenters. The van der Waals surface area contributed by atoms with E-state index in [-0.39, 0.29) is 0 Å². The highest BCUT2D eigenvalue weighted by atomic mass is 14.9. The van der Waals surface area contributed by atoms with Gasteiger partial charge in [-0.3, -0.25) is 4.98 Å². The van der Waals surface area contributed by atoms with Crippen LogP contribution in [0.4, 0.5) is 0 Å². The predicted molar refractivity (Wildman–Crippen MR) is 55.5 cm³/mol. The quantitative estimate of drug-likeness (QED) is 0.712. The number of hydrogen-bond acceptors (Lipinski definition) is 2. The Kier molecular flexibility index (Phi) is 3.65. The van der Waals surface area contributed by atoms with Crippen LogP contribution in [0, 0.1) is 0 Å². The van der Waals surface area contributed by atoms with E-state index >= 15 is 0 Å². The van der Waals surface area contributed by atoms with Crippen molar-refractivity contribution in [3.8, 4) is 0 Å². The van der Waals surface area contributed by atoms with Crippen molar-refractivity contribution >= 4 is 0 Å². The summed E-state index contributed by atoms with van der Waals surface area (Å²) in [6.45, 7) is 5.96. The maximum atomic E-state index is 3.99. The molecule has 13 heavy (non-hydrogen) atoms. The average molecular weight is 176 g/mol. The number of aromatic nitrogens is 1. The Balaban J connectivity index is 2.73. The molecular weight excluding hydrogens is 160 g/mol. The highest BCUT2D eigenvalue weighted by Gasteiger charge is 2.07. The molecule has 2 heteroatoms. The molecule has 1 aromatic heterocycles. The lowest BCUT2D eigenvalue weighted by molar-refractivity contribution is 0.589. The Morgan fingerprint density at radius 3 is 2.62 bits per heavy atom. The van der Waals surface area contributed by atoms with Crippen molar-refractivity contribution in [3.05, 3.63) is 42.2 Å². The number of pyridine rings is 1. The molecule has 0 amide bonds. The molecule has 0 aromatic carbocycles. The zero-order chi connectivity index (χ0) is 9.68. The van der Waals surface area contributed by atoms with Crippen molar-refractivity contribution in [2.24, 2.45) is 0 Å². The molecule has 1 aromatic rings. The van der Waals surface area contributed by atoms with Crippen molar-refractivity contribution in [1.82, 2.24) is 10.3 Å². The fraction of sp³-hybridized carbons (Fsp3) is 0.364. The first-order valence-corrected chi connectivity index (χ1v) is 4.45. The zero-order valence-electron chi connectivity index (χ0n) is 8.25. The van der Waals surface area contributed by atoms with Gasteiger partial charge in [-0.05, 0) is 38.1 Å². The van der Waals surface area contributed by atoms with Gasteiger partial charge >= 0.3 is 0 Å². The highest BCUT2D eigenvalue weighted by molar-refractivity contribution is 5.16. The third kappa shape index (κ3) is 2.99. The number of hydrogen-bond donors (Lipinski definition) is 1. The molecule has 0 radical (unpaired) electrons. The molecule has 70 valence electrons. The van der Waals surface area contributed by atoms with Gasteiger partial charge in [-0.15, -0.1) is 6.58 Å². The van der Waals surface area contributed by atoms with Gasteiger partial charge in [0, 0.05) is 18.4 Å². The number of nitrogens with zero attached hydrogens (tertiary/aromatic N) is 1. The van der Waals surface area contributed by atoms with E-state index in [9.17, 15) is 0 Å². The summed E-state index contributed by atoms with van der Waals surface area (Å²) in [5.41, 5.74) is 2.46. The Hall–Kier alpha value is -1.15. The average Bonchev–Trinajstić information content (AvgIpc) is 2.15. The summed E-state index contributed by atoms with van der Waals surface area (Å²) < 4.78 is 0. The summed E-state index contributed by atoms with van der Waals surface area (Å²) in [6.07, 6.45) is 4.61. The van der Waals surface area contributed by atoms with Crippen LogP contribution in [-0.2, 0) is 0 Å². The summed E-state index contributed by atoms with van der Waals surface area (Å²) in [4.78, 5) is 3.99. The van der Waals surface area contributed by atoms with E-state index in [0.717, 1.165) is 6.42 Å². The Morgan fingerprint density at radius 1 is 1.54 bits per heavy atom. The van der Waals surface area contributed by atoms with Crippen LogP contribution in [0.25, 0.3) is 0 Å². The molecular formula is C11H16N2. The van der Waals surface area contributed by atoms with E-state index in [1.54, 1.807) is 0 Å². The van der Waals surface area contributed by atoms with Crippen molar-refractivity contribution in [1.29, 1.82) is 0 Å². The predicted octanol–water partition coefficient (Wildman–Crippen LogP) is 2.31. The SMILES string of the molecule is C=C(C)CC(NC)c1ccncc1. The first kappa shape index (κ1) is 9.93. The van der Waals surface area contributed by atoms with E-state index in [4.69, 9.17) is 0 Å². The molecule has 1 heterocycles. The van der Waals surface area contributed by atoms with Crippen LogP contribution < -0.4 is 5.32 Å². The van der Waals surface area contributed by atoms with Crippen LogP contribution in [0.1, 0.15) is 24.9 Å². The molecule has 0 aliphatic carbocycles. The minimum atomic E-state index is 0.362. The van der Waals surface area contributed by atoms with Gasteiger partial charge in [0.1, 0.15) is 0 Å². The monoisotopic (exact) mass is 176 g/mol. The van der Waals surface area contributed by atoms with Crippen molar-refractivity contribution in [2.45, 2.75) is 19.4 Å². The second kappa shape index (κ2) is 4.77. The molecule has 0 aliphatic rings. The molecule has 1 atom stereocenters. The summed E-state index contributed by atoms with van der Waals surface area (Å²) in [6, 6.07) is 4.43. The Labute approximate surface area is 79.7 Å². The van der Waals surface area contributed by atoms with Gasteiger partial charge in [0.2, 0.25) is 0 Å². The molecule has 1 rings (SSSR count). The smallest absolute Gasteiger partial charge is 0.0356 e. The minimum absolute atomic E-state index is 0.362. The van der Waals surface area contributed by atoms with Gasteiger partial charge in [-0.2, -0.15) is 0 Å². The summed E-state index contributed by atoms with van der Waals surface area (Å²) >= 11 is 0. The van der Waals surface area contributed by atoms with Crippen molar-refractivity contribution < 1.29 is 0 Å². The van der Waals surface area contributed by atoms with Crippen LogP contribution in [0.15, 0.2) is 36.7 Å². The van der Waals surface area contributed by atoms with Crippen LogP contribution >= 0.6 is 0 Å². The maximum Gasteiger partial charge on any atom is 0.0356 e. The zero-order valence-corrected chi connectivity index (χ0v) is 8.25. The van der Waals surface area contributed by atoms with E-state index in [1.165, 1.54) is 11.1 Å². The van der Waals surface area contributed by atoms with E-state index < -0.39 is 0 Å². The fourth-order valence-electron chi connectivity index (χ4n) is 1.33. The largest absolute Gasteiger partial charge is 0.313 e. The van der Waals surface area contributed by atoms with Gasteiger partial charge in [0.25, 0.3) is 0 Å². The van der Waals surface area contributed by atoms with E-state index in [2.05, 4.69) is 16.9 Å². The lowest BCUT2D eigenvalue weighted by Gasteiger charge is -2.15. The van der Waals surface area contributed by atoms with Crippen LogP contribution in [0.5, 0.6) is 0 Å². The summed E-state index contributed by atoms with van der Waals surface area (Å²) in [5.74, 6) is 0. The first-order chi connectivity index (χ1) is 6.24. The molecule has 1 N–H and O–H groups in total. The van der Waals surface area contributed by atoms with Gasteiger partial charge in [-0.1, -0.05) is 5.57 Å². The number of nitrogens with one attached hydrogen (secondary N) is 1. The molecule has 0 fully saturated rings. The molecule has 0 saturated heterocycles. The molecule has 0 bridgehead atoms. The topological polar surface area (TPSA) is 24.9 Å². The lowest BCUT2D eigenvalue weighted by Crippen LogP contribution is -2.16. The third-order valence-corrected chi connectivity index (χ3v) is 2.01. The van der Waals surface area contributed by atoms with Gasteiger partial charge < -0.3 is 5.32 Å². The maximum absolute atomic E-state index is 3.99. The Bertz CT molecular complexity index is 267. The summed E-state index contributed by atoms with van der Waals surface area (Å²) in [7, 11) is 1.97. The standard InChI is InChI=1S/C11H16N2/c1-9(2)8-11(12-3)10-4-6-13-7-5-10/h4-7,11-12H,1,8H2,2-3H3. The molecule has 0 spiro atoms. The Morgan fingerprint density at radius 2 is 2.15 bits per heavy atom. The van der Waals surface area contributed by atoms with E-state index in [1.807, 2.05) is 38.5 Å². The second-order valence-corrected chi connectivity index (χ2v) is 3.28. The van der Waals surface area contributed by atoms with Crippen molar-refractivity contribution in [2.75, 3.05) is 7.05 Å². The van der Waals surface area contributed by atoms with Crippen LogP contribution in [-0.4, -0.2) is 12.0 Å². The molecule has 0 aliphatic heterocycles. The van der Waals surface area contributed by atoms with Gasteiger partial charge in [0.05, 0.1) is 0 Å². The van der Waals surface area contributed by atoms with Gasteiger partial charge in [0.15, 0.2) is 0 Å². The van der Waals surface area contributed by atoms with Crippen molar-refractivity contribution in [3.63, 3.8) is 0 Å². The normalized spacial score (nSPS) is 12.5. The van der Waals surface area contributed by atoms with E-state index in [0.29, 0.717) is 6.04 Å². The minimum Gasteiger partial charge on any atom is -0.313 e. The lowest BCUT2D eigenvalue weighted by atomic mass is 10.0.